The Morgan fingerprint density at radius 2 is 1.93 bits per heavy atom. The van der Waals surface area contributed by atoms with Crippen LogP contribution in [-0.4, -0.2) is 55.5 Å². The lowest BCUT2D eigenvalue weighted by Gasteiger charge is -2.35. The first-order valence-electron chi connectivity index (χ1n) is 10.0. The third-order valence-corrected chi connectivity index (χ3v) is 5.67. The number of carbonyl (C=O) groups is 2. The van der Waals surface area contributed by atoms with Crippen molar-refractivity contribution < 1.29 is 28.5 Å². The minimum atomic E-state index is -0.828. The van der Waals surface area contributed by atoms with Gasteiger partial charge < -0.3 is 18.9 Å². The third-order valence-electron chi connectivity index (χ3n) is 5.67. The number of rotatable bonds is 6. The molecule has 2 aliphatic heterocycles. The first-order valence-corrected chi connectivity index (χ1v) is 10.0. The number of ether oxygens (including phenoxy) is 4. The zero-order chi connectivity index (χ0) is 21.2. The highest BCUT2D eigenvalue weighted by atomic mass is 16.7. The smallest absolute Gasteiger partial charge is 0.327 e. The van der Waals surface area contributed by atoms with Gasteiger partial charge in [-0.1, -0.05) is 18.2 Å². The summed E-state index contributed by atoms with van der Waals surface area (Å²) in [6.07, 6.45) is 1.90. The largest absolute Gasteiger partial charge is 0.469 e. The molecular weight excluding hydrogens is 374 g/mol. The maximum Gasteiger partial charge on any atom is 0.327 e. The van der Waals surface area contributed by atoms with Gasteiger partial charge in [0.1, 0.15) is 16.9 Å². The van der Waals surface area contributed by atoms with Crippen molar-refractivity contribution in [2.75, 3.05) is 27.6 Å². The predicted octanol–water partition coefficient (Wildman–Crippen LogP) is 3.08. The Bertz CT molecular complexity index is 758. The van der Waals surface area contributed by atoms with E-state index in [1.165, 1.54) is 7.11 Å². The average molecular weight is 405 g/mol. The summed E-state index contributed by atoms with van der Waals surface area (Å²) in [5.41, 5.74) is -0.573. The highest BCUT2D eigenvalue weighted by Gasteiger charge is 2.62. The van der Waals surface area contributed by atoms with E-state index < -0.39 is 17.1 Å². The van der Waals surface area contributed by atoms with E-state index in [1.54, 1.807) is 7.11 Å². The topological polar surface area (TPSA) is 74.3 Å². The van der Waals surface area contributed by atoms with Crippen molar-refractivity contribution in [1.82, 2.24) is 4.90 Å². The first kappa shape index (κ1) is 21.6. The summed E-state index contributed by atoms with van der Waals surface area (Å²) in [6.45, 7) is 6.39. The van der Waals surface area contributed by atoms with E-state index >= 15 is 0 Å². The van der Waals surface area contributed by atoms with E-state index in [1.807, 2.05) is 45.0 Å². The second-order valence-corrected chi connectivity index (χ2v) is 8.70. The van der Waals surface area contributed by atoms with Crippen LogP contribution in [-0.2, 0) is 23.8 Å². The summed E-state index contributed by atoms with van der Waals surface area (Å²) >= 11 is 0. The molecular formula is C22H31NO6. The normalized spacial score (nSPS) is 26.8. The molecule has 2 aliphatic rings. The lowest BCUT2D eigenvalue weighted by atomic mass is 9.86. The fourth-order valence-electron chi connectivity index (χ4n) is 4.62. The van der Waals surface area contributed by atoms with Gasteiger partial charge in [0.25, 0.3) is 0 Å². The van der Waals surface area contributed by atoms with Gasteiger partial charge in [-0.05, 0) is 52.6 Å². The van der Waals surface area contributed by atoms with Crippen molar-refractivity contribution in [3.8, 4) is 5.75 Å². The molecule has 160 valence electrons. The molecule has 0 N–H and O–H groups in total. The third kappa shape index (κ3) is 4.12. The van der Waals surface area contributed by atoms with Gasteiger partial charge in [-0.2, -0.15) is 0 Å². The van der Waals surface area contributed by atoms with Gasteiger partial charge in [0, 0.05) is 12.7 Å². The molecule has 7 heteroatoms. The van der Waals surface area contributed by atoms with Gasteiger partial charge >= 0.3 is 11.9 Å². The Balaban J connectivity index is 2.04. The van der Waals surface area contributed by atoms with E-state index in [0.29, 0.717) is 25.1 Å². The molecule has 0 bridgehead atoms. The van der Waals surface area contributed by atoms with Crippen molar-refractivity contribution in [3.05, 3.63) is 29.8 Å². The summed E-state index contributed by atoms with van der Waals surface area (Å²) < 4.78 is 21.7. The van der Waals surface area contributed by atoms with E-state index in [-0.39, 0.29) is 24.8 Å². The van der Waals surface area contributed by atoms with Crippen molar-refractivity contribution in [1.29, 1.82) is 0 Å². The molecule has 1 aromatic carbocycles. The maximum atomic E-state index is 13.3. The van der Waals surface area contributed by atoms with Crippen LogP contribution < -0.4 is 4.74 Å². The fourth-order valence-corrected chi connectivity index (χ4v) is 4.62. The average Bonchev–Trinajstić information content (AvgIpc) is 3.22. The van der Waals surface area contributed by atoms with Crippen molar-refractivity contribution >= 4 is 11.9 Å². The molecule has 7 nitrogen and oxygen atoms in total. The molecule has 0 unspecified atom stereocenters. The molecule has 2 heterocycles. The minimum absolute atomic E-state index is 0.101. The molecule has 1 aromatic rings. The summed E-state index contributed by atoms with van der Waals surface area (Å²) in [6, 6.07) is 7.25. The van der Waals surface area contributed by atoms with Crippen LogP contribution in [0.15, 0.2) is 24.3 Å². The Labute approximate surface area is 172 Å². The van der Waals surface area contributed by atoms with E-state index in [9.17, 15) is 9.59 Å². The summed E-state index contributed by atoms with van der Waals surface area (Å²) in [4.78, 5) is 28.1. The summed E-state index contributed by atoms with van der Waals surface area (Å²) in [7, 11) is 2.94. The number of esters is 2. The lowest BCUT2D eigenvalue weighted by molar-refractivity contribution is -0.167. The van der Waals surface area contributed by atoms with Crippen LogP contribution in [0, 0.1) is 5.92 Å². The number of methoxy groups -OCH3 is 2. The number of para-hydroxylation sites is 1. The van der Waals surface area contributed by atoms with Crippen molar-refractivity contribution in [2.45, 2.75) is 57.2 Å². The minimum Gasteiger partial charge on any atom is -0.469 e. The Morgan fingerprint density at radius 3 is 2.59 bits per heavy atom. The van der Waals surface area contributed by atoms with Gasteiger partial charge in [0.05, 0.1) is 19.1 Å². The van der Waals surface area contributed by atoms with Crippen LogP contribution >= 0.6 is 0 Å². The van der Waals surface area contributed by atoms with Crippen molar-refractivity contribution in [2.24, 2.45) is 5.92 Å². The second kappa shape index (κ2) is 8.32. The molecule has 0 spiro atoms. The standard InChI is InChI=1S/C22H31NO6/c1-21(2,3)29-20(25)22-11-8-12-23(22)18(16(13-22)19(24)27-5)15-9-6-7-10-17(15)28-14-26-4/h6-7,9-10,16,18H,8,11-14H2,1-5H3/t16-,18-,22+/m1/s1. The van der Waals surface area contributed by atoms with Gasteiger partial charge in [0.2, 0.25) is 0 Å². The Kier molecular flexibility index (Phi) is 6.19. The highest BCUT2D eigenvalue weighted by molar-refractivity contribution is 5.85. The van der Waals surface area contributed by atoms with Crippen molar-refractivity contribution in [3.63, 3.8) is 0 Å². The van der Waals surface area contributed by atoms with E-state index in [0.717, 1.165) is 12.0 Å². The van der Waals surface area contributed by atoms with Gasteiger partial charge in [0.15, 0.2) is 6.79 Å². The van der Waals surface area contributed by atoms with Crippen LogP contribution in [0.3, 0.4) is 0 Å². The highest BCUT2D eigenvalue weighted by Crippen LogP contribution is 2.54. The Morgan fingerprint density at radius 1 is 1.21 bits per heavy atom. The molecule has 0 aliphatic carbocycles. The quantitative estimate of drug-likeness (QED) is 0.532. The molecule has 0 saturated carbocycles. The van der Waals surface area contributed by atoms with E-state index in [4.69, 9.17) is 18.9 Å². The zero-order valence-corrected chi connectivity index (χ0v) is 17.9. The van der Waals surface area contributed by atoms with Crippen LogP contribution in [0.5, 0.6) is 5.75 Å². The number of hydrogen-bond donors (Lipinski definition) is 0. The summed E-state index contributed by atoms with van der Waals surface area (Å²) in [5, 5.41) is 0. The molecule has 29 heavy (non-hydrogen) atoms. The maximum absolute atomic E-state index is 13.3. The number of carbonyl (C=O) groups excluding carboxylic acids is 2. The number of hydrogen-bond acceptors (Lipinski definition) is 7. The first-order chi connectivity index (χ1) is 13.7. The number of nitrogens with zero attached hydrogens (tertiary/aromatic N) is 1. The fraction of sp³-hybridized carbons (Fsp3) is 0.636. The SMILES string of the molecule is COCOc1ccccc1[C@@H]1[C@H](C(=O)OC)C[C@]2(C(=O)OC(C)(C)C)CCCN12. The molecule has 0 aromatic heterocycles. The second-order valence-electron chi connectivity index (χ2n) is 8.70. The van der Waals surface area contributed by atoms with E-state index in [2.05, 4.69) is 4.90 Å². The molecule has 3 atom stereocenters. The molecule has 3 rings (SSSR count). The molecule has 0 amide bonds. The number of benzene rings is 1. The van der Waals surface area contributed by atoms with Crippen LogP contribution in [0.25, 0.3) is 0 Å². The van der Waals surface area contributed by atoms with Gasteiger partial charge in [-0.15, -0.1) is 0 Å². The van der Waals surface area contributed by atoms with Crippen LogP contribution in [0.1, 0.15) is 51.6 Å². The monoisotopic (exact) mass is 405 g/mol. The number of fused-ring (bicyclic) bond motifs is 1. The predicted molar refractivity (Wildman–Crippen MR) is 106 cm³/mol. The van der Waals surface area contributed by atoms with Crippen LogP contribution in [0.2, 0.25) is 0 Å². The molecule has 0 radical (unpaired) electrons. The molecule has 2 saturated heterocycles. The zero-order valence-electron chi connectivity index (χ0n) is 17.9. The van der Waals surface area contributed by atoms with Crippen LogP contribution in [0.4, 0.5) is 0 Å². The summed E-state index contributed by atoms with van der Waals surface area (Å²) in [5.74, 6) is -0.441. The molecule has 2 fully saturated rings. The lowest BCUT2D eigenvalue weighted by Crippen LogP contribution is -2.49. The Hall–Kier alpha value is -2.12. The van der Waals surface area contributed by atoms with Gasteiger partial charge in [-0.3, -0.25) is 14.5 Å². The van der Waals surface area contributed by atoms with Gasteiger partial charge in [-0.25, -0.2) is 0 Å².